The van der Waals surface area contributed by atoms with Crippen molar-refractivity contribution in [2.75, 3.05) is 7.05 Å². The molecule has 0 heterocycles. The molecule has 0 radical (unpaired) electrons. The highest BCUT2D eigenvalue weighted by Gasteiger charge is 2.28. The molecule has 2 N–H and O–H groups in total. The van der Waals surface area contributed by atoms with Crippen LogP contribution in [-0.4, -0.2) is 24.2 Å². The first-order valence-corrected chi connectivity index (χ1v) is 6.29. The summed E-state index contributed by atoms with van der Waals surface area (Å²) in [6.45, 7) is 1.14. The van der Waals surface area contributed by atoms with Crippen LogP contribution in [0, 0.1) is 29.1 Å². The zero-order valence-corrected chi connectivity index (χ0v) is 11.5. The summed E-state index contributed by atoms with van der Waals surface area (Å²) in [7, 11) is 1.23. The van der Waals surface area contributed by atoms with E-state index in [1.54, 1.807) is 0 Å². The number of carbonyl (C=O) groups is 2. The van der Waals surface area contributed by atoms with Crippen LogP contribution in [0.25, 0.3) is 0 Å². The molecule has 1 aromatic rings. The van der Waals surface area contributed by atoms with E-state index in [9.17, 15) is 31.5 Å². The fraction of sp³-hybridized carbons (Fsp3) is 0.273. The first-order chi connectivity index (χ1) is 9.70. The summed E-state index contributed by atoms with van der Waals surface area (Å²) in [6, 6.07) is -0.870. The van der Waals surface area contributed by atoms with Gasteiger partial charge in [-0.15, -0.1) is 11.8 Å². The van der Waals surface area contributed by atoms with Crippen molar-refractivity contribution in [3.05, 3.63) is 29.1 Å². The van der Waals surface area contributed by atoms with Gasteiger partial charge in [-0.25, -0.2) is 26.7 Å². The summed E-state index contributed by atoms with van der Waals surface area (Å²) in [5, 5.41) is 2.61. The van der Waals surface area contributed by atoms with Crippen molar-refractivity contribution in [2.45, 2.75) is 17.1 Å². The van der Waals surface area contributed by atoms with Crippen LogP contribution >= 0.6 is 11.8 Å². The summed E-state index contributed by atoms with van der Waals surface area (Å²) in [5.74, 6) is -11.5. The van der Waals surface area contributed by atoms with Gasteiger partial charge in [0.05, 0.1) is 10.1 Å². The van der Waals surface area contributed by atoms with Gasteiger partial charge in [0.25, 0.3) is 0 Å². The lowest BCUT2D eigenvalue weighted by Gasteiger charge is -2.13. The minimum atomic E-state index is -2.28. The van der Waals surface area contributed by atoms with E-state index in [2.05, 4.69) is 5.32 Å². The van der Waals surface area contributed by atoms with E-state index in [1.807, 2.05) is 5.32 Å². The molecule has 0 fully saturated rings. The second-order valence-electron chi connectivity index (χ2n) is 3.73. The molecule has 0 aliphatic heterocycles. The quantitative estimate of drug-likeness (QED) is 0.387. The molecule has 21 heavy (non-hydrogen) atoms. The van der Waals surface area contributed by atoms with E-state index in [1.165, 1.54) is 7.05 Å². The molecule has 1 rings (SSSR count). The normalized spacial score (nSPS) is 12.0. The monoisotopic (exact) mass is 328 g/mol. The van der Waals surface area contributed by atoms with Crippen molar-refractivity contribution >= 4 is 23.7 Å². The average Bonchev–Trinajstić information content (AvgIpc) is 2.46. The molecule has 0 saturated carbocycles. The fourth-order valence-corrected chi connectivity index (χ4v) is 2.10. The Labute approximate surface area is 120 Å². The van der Waals surface area contributed by atoms with E-state index in [0.717, 1.165) is 6.92 Å². The molecule has 1 aromatic carbocycles. The predicted octanol–water partition coefficient (Wildman–Crippen LogP) is 2.32. The van der Waals surface area contributed by atoms with Gasteiger partial charge in [-0.3, -0.25) is 10.1 Å². The topological polar surface area (TPSA) is 58.2 Å². The Morgan fingerprint density at radius 3 is 1.81 bits per heavy atom. The van der Waals surface area contributed by atoms with E-state index in [0.29, 0.717) is 0 Å². The third-order valence-electron chi connectivity index (χ3n) is 2.30. The van der Waals surface area contributed by atoms with Crippen molar-refractivity contribution in [3.8, 4) is 0 Å². The molecule has 0 saturated heterocycles. The summed E-state index contributed by atoms with van der Waals surface area (Å²) >= 11 is 0.106. The second kappa shape index (κ2) is 6.74. The van der Waals surface area contributed by atoms with Crippen molar-refractivity contribution in [1.29, 1.82) is 0 Å². The molecule has 4 nitrogen and oxygen atoms in total. The maximum absolute atomic E-state index is 13.4. The zero-order chi connectivity index (χ0) is 16.3. The molecular weight excluding hydrogens is 319 g/mol. The Hall–Kier alpha value is -1.84. The van der Waals surface area contributed by atoms with Crippen LogP contribution in [0.3, 0.4) is 0 Å². The summed E-state index contributed by atoms with van der Waals surface area (Å²) in [5.41, 5.74) is 0. The van der Waals surface area contributed by atoms with Gasteiger partial charge in [-0.05, 0) is 6.92 Å². The third kappa shape index (κ3) is 3.63. The van der Waals surface area contributed by atoms with Gasteiger partial charge in [0.15, 0.2) is 23.3 Å². The number of urea groups is 1. The molecule has 0 spiro atoms. The van der Waals surface area contributed by atoms with Gasteiger partial charge in [-0.1, -0.05) is 0 Å². The summed E-state index contributed by atoms with van der Waals surface area (Å²) in [6.07, 6.45) is 0. The van der Waals surface area contributed by atoms with E-state index < -0.39 is 51.2 Å². The highest BCUT2D eigenvalue weighted by molar-refractivity contribution is 8.00. The van der Waals surface area contributed by atoms with Crippen LogP contribution in [0.5, 0.6) is 0 Å². The van der Waals surface area contributed by atoms with Gasteiger partial charge >= 0.3 is 6.03 Å². The lowest BCUT2D eigenvalue weighted by molar-refractivity contribution is -0.119. The van der Waals surface area contributed by atoms with E-state index >= 15 is 0 Å². The largest absolute Gasteiger partial charge is 0.341 e. The number of imide groups is 1. The number of halogens is 5. The molecule has 0 aliphatic carbocycles. The molecule has 1 atom stereocenters. The van der Waals surface area contributed by atoms with E-state index in [-0.39, 0.29) is 11.8 Å². The highest BCUT2D eigenvalue weighted by atomic mass is 32.2. The molecule has 10 heteroatoms. The number of benzene rings is 1. The minimum absolute atomic E-state index is 0.106. The summed E-state index contributed by atoms with van der Waals surface area (Å²) in [4.78, 5) is 21.2. The van der Waals surface area contributed by atoms with Crippen LogP contribution in [0.1, 0.15) is 6.92 Å². The number of rotatable bonds is 3. The third-order valence-corrected chi connectivity index (χ3v) is 3.46. The van der Waals surface area contributed by atoms with Gasteiger partial charge in [-0.2, -0.15) is 0 Å². The molecule has 3 amide bonds. The van der Waals surface area contributed by atoms with Crippen molar-refractivity contribution in [1.82, 2.24) is 10.6 Å². The van der Waals surface area contributed by atoms with Crippen LogP contribution < -0.4 is 10.6 Å². The lowest BCUT2D eigenvalue weighted by Crippen LogP contribution is -2.41. The Bertz CT molecular complexity index is 567. The number of nitrogens with one attached hydrogen (secondary N) is 2. The predicted molar refractivity (Wildman–Crippen MR) is 64.1 cm³/mol. The average molecular weight is 328 g/mol. The fourth-order valence-electron chi connectivity index (χ4n) is 1.19. The lowest BCUT2D eigenvalue weighted by atomic mass is 10.3. The first kappa shape index (κ1) is 17.2. The zero-order valence-electron chi connectivity index (χ0n) is 10.7. The molecule has 0 aromatic heterocycles. The molecular formula is C11H9F5N2O2S. The number of thioether (sulfide) groups is 1. The summed E-state index contributed by atoms with van der Waals surface area (Å²) < 4.78 is 65.6. The Morgan fingerprint density at radius 2 is 1.38 bits per heavy atom. The molecule has 0 aliphatic rings. The maximum Gasteiger partial charge on any atom is 0.321 e. The van der Waals surface area contributed by atoms with Crippen molar-refractivity contribution in [3.63, 3.8) is 0 Å². The number of hydrogen-bond donors (Lipinski definition) is 2. The van der Waals surface area contributed by atoms with Crippen LogP contribution in [0.2, 0.25) is 0 Å². The Balaban J connectivity index is 3.03. The molecule has 116 valence electrons. The smallest absolute Gasteiger partial charge is 0.321 e. The second-order valence-corrected chi connectivity index (χ2v) is 5.08. The van der Waals surface area contributed by atoms with Gasteiger partial charge in [0, 0.05) is 7.05 Å². The minimum Gasteiger partial charge on any atom is -0.341 e. The standard InChI is InChI=1S/C11H9F5N2O2S/c1-3(10(19)18-11(20)17-2)21-9-7(15)5(13)4(12)6(14)8(9)16/h3H,1-2H3,(H2,17,18,19,20)/t3-/m1/s1. The van der Waals surface area contributed by atoms with Gasteiger partial charge < -0.3 is 5.32 Å². The highest BCUT2D eigenvalue weighted by Crippen LogP contribution is 2.33. The van der Waals surface area contributed by atoms with E-state index in [4.69, 9.17) is 0 Å². The van der Waals surface area contributed by atoms with Crippen LogP contribution in [0.4, 0.5) is 26.7 Å². The van der Waals surface area contributed by atoms with Crippen LogP contribution in [-0.2, 0) is 4.79 Å². The van der Waals surface area contributed by atoms with Crippen molar-refractivity contribution in [2.24, 2.45) is 0 Å². The van der Waals surface area contributed by atoms with Gasteiger partial charge in [0.1, 0.15) is 0 Å². The van der Waals surface area contributed by atoms with Crippen molar-refractivity contribution < 1.29 is 31.5 Å². The van der Waals surface area contributed by atoms with Crippen LogP contribution in [0.15, 0.2) is 4.90 Å². The first-order valence-electron chi connectivity index (χ1n) is 5.41. The molecule has 0 unspecified atom stereocenters. The SMILES string of the molecule is CNC(=O)NC(=O)[C@@H](C)Sc1c(F)c(F)c(F)c(F)c1F. The number of hydrogen-bond acceptors (Lipinski definition) is 3. The Morgan fingerprint density at radius 1 is 0.952 bits per heavy atom. The Kier molecular flexibility index (Phi) is 5.53. The number of amides is 3. The number of carbonyl (C=O) groups excluding carboxylic acids is 2. The van der Waals surface area contributed by atoms with Gasteiger partial charge in [0.2, 0.25) is 11.7 Å². The maximum atomic E-state index is 13.4. The molecule has 0 bridgehead atoms.